The van der Waals surface area contributed by atoms with Crippen molar-refractivity contribution in [3.05, 3.63) is 47.0 Å². The molecule has 2 aromatic rings. The van der Waals surface area contributed by atoms with Crippen LogP contribution in [-0.2, 0) is 4.79 Å². The van der Waals surface area contributed by atoms with Gasteiger partial charge in [0.05, 0.1) is 10.7 Å². The number of hydrogen-bond acceptors (Lipinski definition) is 4. The number of rotatable bonds is 5. The zero-order chi connectivity index (χ0) is 18.5. The third-order valence-electron chi connectivity index (χ3n) is 3.78. The summed E-state index contributed by atoms with van der Waals surface area (Å²) in [6.07, 6.45) is 1.19. The predicted octanol–water partition coefficient (Wildman–Crippen LogP) is 4.10. The third-order valence-corrected chi connectivity index (χ3v) is 4.10. The highest BCUT2D eigenvalue weighted by Gasteiger charge is 2.15. The Morgan fingerprint density at radius 3 is 2.54 bits per heavy atom. The van der Waals surface area contributed by atoms with Gasteiger partial charge in [0.25, 0.3) is 5.91 Å². The summed E-state index contributed by atoms with van der Waals surface area (Å²) in [5, 5.41) is 5.88. The second-order valence-corrected chi connectivity index (χ2v) is 6.21. The van der Waals surface area contributed by atoms with Crippen LogP contribution < -0.4 is 20.1 Å². The smallest absolute Gasteiger partial charge is 0.255 e. The Morgan fingerprint density at radius 2 is 1.81 bits per heavy atom. The van der Waals surface area contributed by atoms with Crippen LogP contribution in [0.3, 0.4) is 0 Å². The highest BCUT2D eigenvalue weighted by molar-refractivity contribution is 6.34. The Hall–Kier alpha value is -2.73. The van der Waals surface area contributed by atoms with Gasteiger partial charge in [0.2, 0.25) is 5.91 Å². The molecular formula is C19H19ClN2O4. The van der Waals surface area contributed by atoms with Crippen molar-refractivity contribution in [3.8, 4) is 11.5 Å². The fraction of sp³-hybridized carbons (Fsp3) is 0.263. The van der Waals surface area contributed by atoms with Gasteiger partial charge in [-0.15, -0.1) is 0 Å². The first-order valence-electron chi connectivity index (χ1n) is 8.37. The summed E-state index contributed by atoms with van der Waals surface area (Å²) in [4.78, 5) is 24.1. The first-order valence-corrected chi connectivity index (χ1v) is 8.75. The van der Waals surface area contributed by atoms with Crippen LogP contribution in [0.15, 0.2) is 36.4 Å². The van der Waals surface area contributed by atoms with Crippen molar-refractivity contribution in [2.75, 3.05) is 23.8 Å². The van der Waals surface area contributed by atoms with Gasteiger partial charge in [-0.25, -0.2) is 0 Å². The van der Waals surface area contributed by atoms with Crippen LogP contribution in [0.2, 0.25) is 5.02 Å². The van der Waals surface area contributed by atoms with Crippen molar-refractivity contribution >= 4 is 34.8 Å². The van der Waals surface area contributed by atoms with E-state index in [0.29, 0.717) is 53.1 Å². The average molecular weight is 375 g/mol. The van der Waals surface area contributed by atoms with Gasteiger partial charge in [-0.2, -0.15) is 0 Å². The van der Waals surface area contributed by atoms with Crippen LogP contribution in [0.25, 0.3) is 0 Å². The molecule has 26 heavy (non-hydrogen) atoms. The van der Waals surface area contributed by atoms with E-state index >= 15 is 0 Å². The fourth-order valence-corrected chi connectivity index (χ4v) is 2.75. The number of hydrogen-bond donors (Lipinski definition) is 2. The number of carbonyl (C=O) groups excluding carboxylic acids is 2. The zero-order valence-electron chi connectivity index (χ0n) is 14.3. The summed E-state index contributed by atoms with van der Waals surface area (Å²) >= 11 is 6.20. The summed E-state index contributed by atoms with van der Waals surface area (Å²) in [5.74, 6) is 0.794. The highest BCUT2D eigenvalue weighted by atomic mass is 35.5. The van der Waals surface area contributed by atoms with E-state index in [1.165, 1.54) is 0 Å². The average Bonchev–Trinajstić information content (AvgIpc) is 2.64. The monoisotopic (exact) mass is 374 g/mol. The maximum Gasteiger partial charge on any atom is 0.255 e. The molecule has 7 heteroatoms. The number of amides is 2. The maximum absolute atomic E-state index is 12.4. The summed E-state index contributed by atoms with van der Waals surface area (Å²) in [6.45, 7) is 2.88. The van der Waals surface area contributed by atoms with Gasteiger partial charge in [-0.3, -0.25) is 9.59 Å². The van der Waals surface area contributed by atoms with Gasteiger partial charge >= 0.3 is 0 Å². The molecule has 2 amide bonds. The maximum atomic E-state index is 12.4. The number of fused-ring (bicyclic) bond motifs is 1. The minimum absolute atomic E-state index is 0.0949. The van der Waals surface area contributed by atoms with E-state index < -0.39 is 0 Å². The quantitative estimate of drug-likeness (QED) is 0.826. The van der Waals surface area contributed by atoms with Gasteiger partial charge in [0, 0.05) is 17.7 Å². The molecule has 0 saturated heterocycles. The second kappa shape index (κ2) is 8.10. The lowest BCUT2D eigenvalue weighted by Gasteiger charge is -2.18. The molecule has 0 unspecified atom stereocenters. The van der Waals surface area contributed by atoms with Crippen molar-refractivity contribution in [2.45, 2.75) is 19.8 Å². The minimum Gasteiger partial charge on any atom is -0.486 e. The molecule has 0 saturated carbocycles. The van der Waals surface area contributed by atoms with E-state index in [0.717, 1.165) is 6.42 Å². The Morgan fingerprint density at radius 1 is 1.04 bits per heavy atom. The largest absolute Gasteiger partial charge is 0.486 e. The normalized spacial score (nSPS) is 12.4. The fourth-order valence-electron chi connectivity index (χ4n) is 2.52. The van der Waals surface area contributed by atoms with E-state index in [9.17, 15) is 9.59 Å². The molecule has 0 bridgehead atoms. The Kier molecular flexibility index (Phi) is 5.63. The van der Waals surface area contributed by atoms with E-state index in [4.69, 9.17) is 21.1 Å². The van der Waals surface area contributed by atoms with Crippen molar-refractivity contribution in [1.82, 2.24) is 0 Å². The van der Waals surface area contributed by atoms with E-state index in [-0.39, 0.29) is 11.8 Å². The molecule has 1 heterocycles. The van der Waals surface area contributed by atoms with Crippen molar-refractivity contribution < 1.29 is 19.1 Å². The van der Waals surface area contributed by atoms with Crippen molar-refractivity contribution in [3.63, 3.8) is 0 Å². The van der Waals surface area contributed by atoms with Gasteiger partial charge in [-0.05, 0) is 42.8 Å². The van der Waals surface area contributed by atoms with Gasteiger partial charge in [-0.1, -0.05) is 18.5 Å². The molecule has 1 aliphatic heterocycles. The second-order valence-electron chi connectivity index (χ2n) is 5.81. The molecular weight excluding hydrogens is 356 g/mol. The molecule has 2 aromatic carbocycles. The number of anilines is 2. The molecule has 0 spiro atoms. The molecule has 3 rings (SSSR count). The van der Waals surface area contributed by atoms with Crippen LogP contribution in [0.5, 0.6) is 11.5 Å². The van der Waals surface area contributed by atoms with Gasteiger partial charge < -0.3 is 20.1 Å². The molecule has 0 aromatic heterocycles. The highest BCUT2D eigenvalue weighted by Crippen LogP contribution is 2.31. The lowest BCUT2D eigenvalue weighted by molar-refractivity contribution is -0.116. The topological polar surface area (TPSA) is 76.7 Å². The van der Waals surface area contributed by atoms with Gasteiger partial charge in [0.15, 0.2) is 11.5 Å². The SMILES string of the molecule is CCCC(=O)Nc1ccc(NC(=O)c2ccc3c(c2)OCCO3)cc1Cl. The Labute approximate surface area is 156 Å². The lowest BCUT2D eigenvalue weighted by atomic mass is 10.1. The number of benzene rings is 2. The summed E-state index contributed by atoms with van der Waals surface area (Å²) in [5.41, 5.74) is 1.50. The third kappa shape index (κ3) is 4.26. The van der Waals surface area contributed by atoms with Crippen LogP contribution >= 0.6 is 11.6 Å². The number of nitrogens with one attached hydrogen (secondary N) is 2. The minimum atomic E-state index is -0.291. The summed E-state index contributed by atoms with van der Waals surface area (Å²) in [7, 11) is 0. The van der Waals surface area contributed by atoms with E-state index in [1.807, 2.05) is 6.92 Å². The molecule has 6 nitrogen and oxygen atoms in total. The first kappa shape index (κ1) is 18.1. The van der Waals surface area contributed by atoms with Crippen molar-refractivity contribution in [2.24, 2.45) is 0 Å². The number of halogens is 1. The Bertz CT molecular complexity index is 838. The van der Waals surface area contributed by atoms with Crippen LogP contribution in [-0.4, -0.2) is 25.0 Å². The molecule has 0 fully saturated rings. The van der Waals surface area contributed by atoms with Crippen LogP contribution in [0, 0.1) is 0 Å². The lowest BCUT2D eigenvalue weighted by Crippen LogP contribution is -2.17. The van der Waals surface area contributed by atoms with Crippen LogP contribution in [0.4, 0.5) is 11.4 Å². The summed E-state index contributed by atoms with van der Waals surface area (Å²) < 4.78 is 10.9. The van der Waals surface area contributed by atoms with Crippen LogP contribution in [0.1, 0.15) is 30.1 Å². The van der Waals surface area contributed by atoms with Crippen molar-refractivity contribution in [1.29, 1.82) is 0 Å². The molecule has 136 valence electrons. The van der Waals surface area contributed by atoms with Gasteiger partial charge in [0.1, 0.15) is 13.2 Å². The molecule has 0 aliphatic carbocycles. The summed E-state index contributed by atoms with van der Waals surface area (Å²) in [6, 6.07) is 9.97. The number of carbonyl (C=O) groups is 2. The molecule has 0 atom stereocenters. The van der Waals surface area contributed by atoms with E-state index in [2.05, 4.69) is 10.6 Å². The molecule has 0 radical (unpaired) electrons. The number of ether oxygens (including phenoxy) is 2. The van der Waals surface area contributed by atoms with E-state index in [1.54, 1.807) is 36.4 Å². The molecule has 2 N–H and O–H groups in total. The first-order chi connectivity index (χ1) is 12.6. The zero-order valence-corrected chi connectivity index (χ0v) is 15.1. The predicted molar refractivity (Wildman–Crippen MR) is 100 cm³/mol. The standard InChI is InChI=1S/C19H19ClN2O4/c1-2-3-18(23)22-15-6-5-13(11-14(15)20)21-19(24)12-4-7-16-17(10-12)26-9-8-25-16/h4-7,10-11H,2-3,8-9H2,1H3,(H,21,24)(H,22,23). The Balaban J connectivity index is 1.69. The molecule has 1 aliphatic rings.